The lowest BCUT2D eigenvalue weighted by molar-refractivity contribution is 0.240. The summed E-state index contributed by atoms with van der Waals surface area (Å²) in [6.07, 6.45) is 6.41. The zero-order chi connectivity index (χ0) is 11.4. The Labute approximate surface area is 95.3 Å². The van der Waals surface area contributed by atoms with Crippen molar-refractivity contribution in [2.24, 2.45) is 5.92 Å². The number of aliphatic hydroxyl groups excluding tert-OH is 1. The first kappa shape index (κ1) is 11.1. The second-order valence-electron chi connectivity index (χ2n) is 4.26. The first-order valence-corrected chi connectivity index (χ1v) is 5.73. The summed E-state index contributed by atoms with van der Waals surface area (Å²) in [7, 11) is 0. The summed E-state index contributed by atoms with van der Waals surface area (Å²) in [4.78, 5) is 10.6. The summed E-state index contributed by atoms with van der Waals surface area (Å²) >= 11 is 0. The zero-order valence-corrected chi connectivity index (χ0v) is 9.34. The van der Waals surface area contributed by atoms with Gasteiger partial charge >= 0.3 is 0 Å². The zero-order valence-electron chi connectivity index (χ0n) is 9.34. The van der Waals surface area contributed by atoms with E-state index in [-0.39, 0.29) is 0 Å². The maximum absolute atomic E-state index is 8.88. The predicted molar refractivity (Wildman–Crippen MR) is 63.1 cm³/mol. The first-order valence-electron chi connectivity index (χ1n) is 5.73. The molecule has 2 heterocycles. The van der Waals surface area contributed by atoms with Crippen LogP contribution in [-0.4, -0.2) is 34.8 Å². The second-order valence-corrected chi connectivity index (χ2v) is 4.26. The van der Waals surface area contributed by atoms with Crippen LogP contribution in [0, 0.1) is 5.92 Å². The summed E-state index contributed by atoms with van der Waals surface area (Å²) < 4.78 is 0. The third kappa shape index (κ3) is 2.61. The Bertz CT molecular complexity index is 319. The summed E-state index contributed by atoms with van der Waals surface area (Å²) in [5.74, 6) is 1.41. The van der Waals surface area contributed by atoms with Gasteiger partial charge in [0.15, 0.2) is 0 Å². The smallest absolute Gasteiger partial charge is 0.225 e. The van der Waals surface area contributed by atoms with Crippen molar-refractivity contribution in [2.45, 2.75) is 19.3 Å². The number of anilines is 2. The van der Waals surface area contributed by atoms with Crippen LogP contribution in [-0.2, 0) is 0 Å². The molecule has 0 saturated carbocycles. The van der Waals surface area contributed by atoms with Crippen LogP contribution in [0.4, 0.5) is 11.6 Å². The minimum atomic E-state index is 0.295. The van der Waals surface area contributed by atoms with Gasteiger partial charge in [-0.3, -0.25) is 0 Å². The standard InChI is InChI=1S/C11H18N4O/c12-10-7-13-11(14-8-10)15-4-1-9(2-5-15)3-6-16/h7-9,16H,1-6,12H2. The van der Waals surface area contributed by atoms with Gasteiger partial charge in [0.05, 0.1) is 18.1 Å². The number of hydrogen-bond donors (Lipinski definition) is 2. The van der Waals surface area contributed by atoms with Gasteiger partial charge in [0, 0.05) is 19.7 Å². The van der Waals surface area contributed by atoms with E-state index < -0.39 is 0 Å². The molecule has 5 heteroatoms. The highest BCUT2D eigenvalue weighted by Crippen LogP contribution is 2.22. The molecule has 3 N–H and O–H groups in total. The Morgan fingerprint density at radius 2 is 1.94 bits per heavy atom. The van der Waals surface area contributed by atoms with Gasteiger partial charge < -0.3 is 15.7 Å². The predicted octanol–water partition coefficient (Wildman–Crippen LogP) is 0.658. The Kier molecular flexibility index (Phi) is 3.56. The van der Waals surface area contributed by atoms with Crippen molar-refractivity contribution in [3.63, 3.8) is 0 Å². The molecule has 0 atom stereocenters. The van der Waals surface area contributed by atoms with Crippen LogP contribution in [0.1, 0.15) is 19.3 Å². The molecule has 0 aromatic carbocycles. The molecular formula is C11H18N4O. The third-order valence-electron chi connectivity index (χ3n) is 3.09. The maximum Gasteiger partial charge on any atom is 0.225 e. The fraction of sp³-hybridized carbons (Fsp3) is 0.636. The highest BCUT2D eigenvalue weighted by atomic mass is 16.3. The minimum Gasteiger partial charge on any atom is -0.396 e. The van der Waals surface area contributed by atoms with Crippen LogP contribution >= 0.6 is 0 Å². The summed E-state index contributed by atoms with van der Waals surface area (Å²) in [6.45, 7) is 2.23. The molecule has 5 nitrogen and oxygen atoms in total. The maximum atomic E-state index is 8.88. The van der Waals surface area contributed by atoms with Crippen molar-refractivity contribution in [3.05, 3.63) is 12.4 Å². The van der Waals surface area contributed by atoms with E-state index in [1.807, 2.05) is 0 Å². The number of piperidine rings is 1. The van der Waals surface area contributed by atoms with Crippen molar-refractivity contribution < 1.29 is 5.11 Å². The number of hydrogen-bond acceptors (Lipinski definition) is 5. The molecule has 2 rings (SSSR count). The highest BCUT2D eigenvalue weighted by molar-refractivity contribution is 5.38. The molecular weight excluding hydrogens is 204 g/mol. The number of aliphatic hydroxyl groups is 1. The lowest BCUT2D eigenvalue weighted by Crippen LogP contribution is -2.35. The van der Waals surface area contributed by atoms with E-state index in [9.17, 15) is 0 Å². The van der Waals surface area contributed by atoms with Crippen molar-refractivity contribution in [1.29, 1.82) is 0 Å². The average molecular weight is 222 g/mol. The van der Waals surface area contributed by atoms with E-state index in [4.69, 9.17) is 10.8 Å². The molecule has 0 bridgehead atoms. The molecule has 0 amide bonds. The van der Waals surface area contributed by atoms with Crippen LogP contribution in [0.5, 0.6) is 0 Å². The van der Waals surface area contributed by atoms with E-state index in [0.29, 0.717) is 18.2 Å². The van der Waals surface area contributed by atoms with E-state index in [2.05, 4.69) is 14.9 Å². The quantitative estimate of drug-likeness (QED) is 0.785. The van der Waals surface area contributed by atoms with Crippen LogP contribution < -0.4 is 10.6 Å². The van der Waals surface area contributed by atoms with Crippen molar-refractivity contribution in [2.75, 3.05) is 30.3 Å². The molecule has 1 saturated heterocycles. The number of nitrogen functional groups attached to an aromatic ring is 1. The van der Waals surface area contributed by atoms with Gasteiger partial charge in [-0.15, -0.1) is 0 Å². The number of rotatable bonds is 3. The average Bonchev–Trinajstić information content (AvgIpc) is 2.32. The number of aromatic nitrogens is 2. The van der Waals surface area contributed by atoms with E-state index >= 15 is 0 Å². The van der Waals surface area contributed by atoms with Gasteiger partial charge in [-0.1, -0.05) is 0 Å². The molecule has 1 aromatic heterocycles. The fourth-order valence-corrected chi connectivity index (χ4v) is 2.10. The molecule has 88 valence electrons. The van der Waals surface area contributed by atoms with Gasteiger partial charge in [-0.05, 0) is 25.2 Å². The molecule has 1 fully saturated rings. The molecule has 1 aliphatic heterocycles. The van der Waals surface area contributed by atoms with E-state index in [1.54, 1.807) is 12.4 Å². The van der Waals surface area contributed by atoms with Crippen LogP contribution in [0.2, 0.25) is 0 Å². The van der Waals surface area contributed by atoms with Crippen molar-refractivity contribution in [3.8, 4) is 0 Å². The topological polar surface area (TPSA) is 75.3 Å². The number of nitrogens with two attached hydrogens (primary N) is 1. The Balaban J connectivity index is 1.91. The Morgan fingerprint density at radius 1 is 1.31 bits per heavy atom. The lowest BCUT2D eigenvalue weighted by Gasteiger charge is -2.31. The SMILES string of the molecule is Nc1cnc(N2CCC(CCO)CC2)nc1. The third-order valence-corrected chi connectivity index (χ3v) is 3.09. The van der Waals surface area contributed by atoms with Gasteiger partial charge in [-0.25, -0.2) is 9.97 Å². The summed E-state index contributed by atoms with van der Waals surface area (Å²) in [5, 5.41) is 8.88. The molecule has 0 unspecified atom stereocenters. The number of nitrogens with zero attached hydrogens (tertiary/aromatic N) is 3. The molecule has 1 aliphatic rings. The molecule has 0 spiro atoms. The fourth-order valence-electron chi connectivity index (χ4n) is 2.10. The van der Waals surface area contributed by atoms with Gasteiger partial charge in [-0.2, -0.15) is 0 Å². The van der Waals surface area contributed by atoms with Gasteiger partial charge in [0.1, 0.15) is 0 Å². The Morgan fingerprint density at radius 3 is 2.50 bits per heavy atom. The van der Waals surface area contributed by atoms with Gasteiger partial charge in [0.2, 0.25) is 5.95 Å². The Hall–Kier alpha value is -1.36. The molecule has 0 radical (unpaired) electrons. The van der Waals surface area contributed by atoms with Crippen LogP contribution in [0.25, 0.3) is 0 Å². The van der Waals surface area contributed by atoms with E-state index in [1.165, 1.54) is 0 Å². The summed E-state index contributed by atoms with van der Waals surface area (Å²) in [5.41, 5.74) is 6.14. The van der Waals surface area contributed by atoms with Gasteiger partial charge in [0.25, 0.3) is 0 Å². The molecule has 16 heavy (non-hydrogen) atoms. The molecule has 0 aliphatic carbocycles. The van der Waals surface area contributed by atoms with Crippen molar-refractivity contribution >= 4 is 11.6 Å². The highest BCUT2D eigenvalue weighted by Gasteiger charge is 2.20. The van der Waals surface area contributed by atoms with Crippen LogP contribution in [0.3, 0.4) is 0 Å². The molecule has 1 aromatic rings. The normalized spacial score (nSPS) is 17.7. The summed E-state index contributed by atoms with van der Waals surface area (Å²) in [6, 6.07) is 0. The van der Waals surface area contributed by atoms with E-state index in [0.717, 1.165) is 38.3 Å². The second kappa shape index (κ2) is 5.12. The van der Waals surface area contributed by atoms with Crippen LogP contribution in [0.15, 0.2) is 12.4 Å². The lowest BCUT2D eigenvalue weighted by atomic mass is 9.94. The monoisotopic (exact) mass is 222 g/mol. The first-order chi connectivity index (χ1) is 7.79. The minimum absolute atomic E-state index is 0.295. The largest absolute Gasteiger partial charge is 0.396 e. The van der Waals surface area contributed by atoms with Crippen molar-refractivity contribution in [1.82, 2.24) is 9.97 Å².